The molecule has 1 aromatic carbocycles. The summed E-state index contributed by atoms with van der Waals surface area (Å²) in [5.41, 5.74) is 7.90. The second-order valence-corrected chi connectivity index (χ2v) is 9.88. The van der Waals surface area contributed by atoms with Crippen LogP contribution in [0.2, 0.25) is 0 Å². The molecule has 1 aliphatic carbocycles. The number of nitrogens with one attached hydrogen (secondary N) is 1. The molecular formula is C26H37N5O3. The van der Waals surface area contributed by atoms with Gasteiger partial charge in [0.2, 0.25) is 5.91 Å². The number of nitrogens with two attached hydrogens (primary N) is 1. The van der Waals surface area contributed by atoms with E-state index in [1.807, 2.05) is 12.1 Å². The lowest BCUT2D eigenvalue weighted by molar-refractivity contribution is -0.122. The van der Waals surface area contributed by atoms with Crippen LogP contribution in [-0.4, -0.2) is 72.9 Å². The number of allylic oxidation sites excluding steroid dienone is 1. The molecular weight excluding hydrogens is 430 g/mol. The Labute approximate surface area is 202 Å². The Morgan fingerprint density at radius 3 is 3.00 bits per heavy atom. The van der Waals surface area contributed by atoms with E-state index in [0.717, 1.165) is 51.1 Å². The van der Waals surface area contributed by atoms with Crippen LogP contribution in [0, 0.1) is 5.92 Å². The van der Waals surface area contributed by atoms with Crippen LogP contribution in [0.5, 0.6) is 0 Å². The van der Waals surface area contributed by atoms with Crippen LogP contribution < -0.4 is 11.1 Å². The maximum atomic E-state index is 12.2. The fourth-order valence-electron chi connectivity index (χ4n) is 5.73. The number of fused-ring (bicyclic) bond motifs is 5. The van der Waals surface area contributed by atoms with Crippen LogP contribution in [0.3, 0.4) is 0 Å². The molecule has 8 nitrogen and oxygen atoms in total. The summed E-state index contributed by atoms with van der Waals surface area (Å²) in [4.78, 5) is 21.3. The molecule has 2 fully saturated rings. The molecule has 0 aromatic heterocycles. The van der Waals surface area contributed by atoms with Gasteiger partial charge in [-0.3, -0.25) is 15.0 Å². The lowest BCUT2D eigenvalue weighted by atomic mass is 9.99. The van der Waals surface area contributed by atoms with Crippen molar-refractivity contribution in [1.29, 1.82) is 0 Å². The first-order valence-corrected chi connectivity index (χ1v) is 12.8. The van der Waals surface area contributed by atoms with Gasteiger partial charge in [-0.25, -0.2) is 0 Å². The van der Waals surface area contributed by atoms with Gasteiger partial charge in [0, 0.05) is 39.1 Å². The average Bonchev–Trinajstić information content (AvgIpc) is 3.45. The molecule has 4 aliphatic rings. The van der Waals surface area contributed by atoms with E-state index < -0.39 is 0 Å². The van der Waals surface area contributed by atoms with E-state index in [2.05, 4.69) is 39.4 Å². The van der Waals surface area contributed by atoms with Gasteiger partial charge in [-0.15, -0.1) is 0 Å². The van der Waals surface area contributed by atoms with Gasteiger partial charge >= 0.3 is 0 Å². The van der Waals surface area contributed by atoms with Crippen LogP contribution in [-0.2, 0) is 20.8 Å². The van der Waals surface area contributed by atoms with Crippen molar-refractivity contribution in [3.8, 4) is 0 Å². The molecule has 5 unspecified atom stereocenters. The topological polar surface area (TPSA) is 92.4 Å². The number of primary amides is 1. The van der Waals surface area contributed by atoms with Crippen molar-refractivity contribution in [3.63, 3.8) is 0 Å². The van der Waals surface area contributed by atoms with E-state index in [1.165, 1.54) is 18.4 Å². The highest BCUT2D eigenvalue weighted by atomic mass is 16.5. The third-order valence-electron chi connectivity index (χ3n) is 7.57. The number of hydrogen-bond donors (Lipinski definition) is 2. The molecule has 0 radical (unpaired) electrons. The average molecular weight is 468 g/mol. The summed E-state index contributed by atoms with van der Waals surface area (Å²) in [7, 11) is 0. The first-order valence-electron chi connectivity index (χ1n) is 12.8. The van der Waals surface area contributed by atoms with E-state index >= 15 is 0 Å². The predicted octanol–water partition coefficient (Wildman–Crippen LogP) is 2.52. The maximum absolute atomic E-state index is 12.2. The number of carbonyl (C=O) groups excluding carboxylic acids is 1. The van der Waals surface area contributed by atoms with Gasteiger partial charge in [0.1, 0.15) is 6.10 Å². The van der Waals surface area contributed by atoms with Crippen LogP contribution in [0.4, 0.5) is 5.69 Å². The van der Waals surface area contributed by atoms with Crippen molar-refractivity contribution >= 4 is 17.6 Å². The second kappa shape index (κ2) is 10.9. The van der Waals surface area contributed by atoms with Crippen molar-refractivity contribution < 1.29 is 14.3 Å². The zero-order valence-corrected chi connectivity index (χ0v) is 19.9. The number of rotatable bonds is 1. The van der Waals surface area contributed by atoms with Gasteiger partial charge in [-0.05, 0) is 43.2 Å². The van der Waals surface area contributed by atoms with Crippen LogP contribution in [0.1, 0.15) is 44.1 Å². The zero-order chi connectivity index (χ0) is 23.3. The molecule has 5 atom stereocenters. The van der Waals surface area contributed by atoms with Gasteiger partial charge < -0.3 is 20.1 Å². The largest absolute Gasteiger partial charge is 0.460 e. The molecule has 3 aliphatic heterocycles. The molecule has 2 bridgehead atoms. The number of amidine groups is 1. The number of ether oxygens (including phenoxy) is 2. The molecule has 1 saturated heterocycles. The highest BCUT2D eigenvalue weighted by Gasteiger charge is 2.38. The van der Waals surface area contributed by atoms with E-state index in [1.54, 1.807) is 0 Å². The SMILES string of the molecule is NC(=O)C1CC2CN1CCNCOC1CCCC1CC/C=C\CN1Cc3ccccc3N=C1O2. The number of benzene rings is 1. The summed E-state index contributed by atoms with van der Waals surface area (Å²) < 4.78 is 12.6. The lowest BCUT2D eigenvalue weighted by Gasteiger charge is -2.30. The van der Waals surface area contributed by atoms with Crippen molar-refractivity contribution in [2.45, 2.75) is 63.3 Å². The normalized spacial score (nSPS) is 33.4. The van der Waals surface area contributed by atoms with E-state index in [-0.39, 0.29) is 18.1 Å². The molecule has 34 heavy (non-hydrogen) atoms. The monoisotopic (exact) mass is 467 g/mol. The summed E-state index contributed by atoms with van der Waals surface area (Å²) in [6.45, 7) is 4.20. The van der Waals surface area contributed by atoms with Crippen molar-refractivity contribution in [3.05, 3.63) is 42.0 Å². The van der Waals surface area contributed by atoms with Gasteiger partial charge in [-0.1, -0.05) is 36.8 Å². The zero-order valence-electron chi connectivity index (χ0n) is 19.9. The minimum absolute atomic E-state index is 0.123. The molecule has 1 aromatic rings. The van der Waals surface area contributed by atoms with E-state index in [0.29, 0.717) is 37.7 Å². The number of amides is 1. The van der Waals surface area contributed by atoms with Gasteiger partial charge in [0.25, 0.3) is 6.02 Å². The summed E-state index contributed by atoms with van der Waals surface area (Å²) in [5, 5.41) is 3.40. The molecule has 3 N–H and O–H groups in total. The summed E-state index contributed by atoms with van der Waals surface area (Å²) in [5.74, 6) is 0.337. The highest BCUT2D eigenvalue weighted by Crippen LogP contribution is 2.32. The molecule has 184 valence electrons. The van der Waals surface area contributed by atoms with Crippen molar-refractivity contribution in [1.82, 2.24) is 15.1 Å². The first kappa shape index (κ1) is 23.3. The van der Waals surface area contributed by atoms with Crippen LogP contribution in [0.15, 0.2) is 41.4 Å². The smallest absolute Gasteiger partial charge is 0.293 e. The number of para-hydroxylation sites is 1. The lowest BCUT2D eigenvalue weighted by Crippen LogP contribution is -2.43. The van der Waals surface area contributed by atoms with Crippen LogP contribution in [0.25, 0.3) is 0 Å². The molecule has 1 amide bonds. The summed E-state index contributed by atoms with van der Waals surface area (Å²) >= 11 is 0. The molecule has 8 heteroatoms. The number of aliphatic imine (C=N–C) groups is 1. The minimum Gasteiger partial charge on any atom is -0.460 e. The van der Waals surface area contributed by atoms with Crippen molar-refractivity contribution in [2.75, 3.05) is 32.9 Å². The highest BCUT2D eigenvalue weighted by molar-refractivity contribution is 5.82. The Balaban J connectivity index is 1.34. The third kappa shape index (κ3) is 5.45. The van der Waals surface area contributed by atoms with Crippen LogP contribution >= 0.6 is 0 Å². The van der Waals surface area contributed by atoms with Crippen molar-refractivity contribution in [2.24, 2.45) is 16.6 Å². The Kier molecular flexibility index (Phi) is 7.47. The second-order valence-electron chi connectivity index (χ2n) is 9.88. The first-order chi connectivity index (χ1) is 16.7. The summed E-state index contributed by atoms with van der Waals surface area (Å²) in [6, 6.07) is 8.54. The predicted molar refractivity (Wildman–Crippen MR) is 131 cm³/mol. The Hall–Kier alpha value is -2.42. The third-order valence-corrected chi connectivity index (χ3v) is 7.57. The molecule has 5 rings (SSSR count). The minimum atomic E-state index is -0.321. The molecule has 3 heterocycles. The fourth-order valence-corrected chi connectivity index (χ4v) is 5.73. The molecule has 0 spiro atoms. The fraction of sp³-hybridized carbons (Fsp3) is 0.615. The van der Waals surface area contributed by atoms with E-state index in [4.69, 9.17) is 20.2 Å². The Morgan fingerprint density at radius 1 is 1.18 bits per heavy atom. The summed E-state index contributed by atoms with van der Waals surface area (Å²) in [6.07, 6.45) is 11.2. The molecule has 1 saturated carbocycles. The van der Waals surface area contributed by atoms with Gasteiger partial charge in [0.15, 0.2) is 0 Å². The Morgan fingerprint density at radius 2 is 2.09 bits per heavy atom. The standard InChI is InChI=1S/C26H37N5O3/c27-25(32)23-15-21-17-30(23)14-12-28-18-33-24-11-6-9-19(24)7-2-1-5-13-31-16-20-8-3-4-10-22(20)29-26(31)34-21/h1,3-5,8,10,19,21,23-24,28H,2,6-7,9,11-18H2,(H2,27,32)/b5-1-. The number of hydrogen-bond acceptors (Lipinski definition) is 7. The Bertz CT molecular complexity index is 919. The van der Waals surface area contributed by atoms with Gasteiger partial charge in [-0.2, -0.15) is 4.99 Å². The van der Waals surface area contributed by atoms with E-state index in [9.17, 15) is 4.79 Å². The quantitative estimate of drug-likeness (QED) is 0.617. The number of carbonyl (C=O) groups is 1. The van der Waals surface area contributed by atoms with Gasteiger partial charge in [0.05, 0.1) is 24.6 Å². The number of nitrogens with zero attached hydrogens (tertiary/aromatic N) is 3. The maximum Gasteiger partial charge on any atom is 0.293 e.